The summed E-state index contributed by atoms with van der Waals surface area (Å²) in [4.78, 5) is 34.9. The first-order chi connectivity index (χ1) is 9.99. The van der Waals surface area contributed by atoms with E-state index in [-0.39, 0.29) is 11.7 Å². The van der Waals surface area contributed by atoms with E-state index in [1.165, 1.54) is 6.92 Å². The molecule has 1 fully saturated rings. The van der Waals surface area contributed by atoms with Crippen molar-refractivity contribution >= 4 is 23.3 Å². The Bertz CT molecular complexity index is 567. The Balaban J connectivity index is 2.11. The van der Waals surface area contributed by atoms with Crippen molar-refractivity contribution in [3.8, 4) is 0 Å². The predicted octanol–water partition coefficient (Wildman–Crippen LogP) is 2.72. The third-order valence-corrected chi connectivity index (χ3v) is 3.96. The fourth-order valence-corrected chi connectivity index (χ4v) is 2.79. The molecule has 1 amide bonds. The summed E-state index contributed by atoms with van der Waals surface area (Å²) in [5.74, 6) is -2.38. The SMILES string of the molecule is CC(=O)c1cccc(NC(=O)C2CCCC[C@@H]2C(=O)O)c1. The Morgan fingerprint density at radius 3 is 2.43 bits per heavy atom. The quantitative estimate of drug-likeness (QED) is 0.835. The van der Waals surface area contributed by atoms with Crippen molar-refractivity contribution in [1.82, 2.24) is 0 Å². The van der Waals surface area contributed by atoms with Gasteiger partial charge in [-0.15, -0.1) is 0 Å². The van der Waals surface area contributed by atoms with Gasteiger partial charge in [0.2, 0.25) is 5.91 Å². The topological polar surface area (TPSA) is 83.5 Å². The lowest BCUT2D eigenvalue weighted by Crippen LogP contribution is -2.36. The molecule has 0 saturated heterocycles. The Morgan fingerprint density at radius 2 is 1.81 bits per heavy atom. The average molecular weight is 289 g/mol. The van der Waals surface area contributed by atoms with Crippen LogP contribution in [0.3, 0.4) is 0 Å². The van der Waals surface area contributed by atoms with Crippen LogP contribution in [-0.2, 0) is 9.59 Å². The number of hydrogen-bond donors (Lipinski definition) is 2. The molecule has 0 bridgehead atoms. The van der Waals surface area contributed by atoms with Crippen LogP contribution in [0.15, 0.2) is 24.3 Å². The van der Waals surface area contributed by atoms with E-state index in [1.807, 2.05) is 0 Å². The van der Waals surface area contributed by atoms with Crippen LogP contribution >= 0.6 is 0 Å². The van der Waals surface area contributed by atoms with Crippen LogP contribution < -0.4 is 5.32 Å². The third kappa shape index (κ3) is 3.68. The maximum absolute atomic E-state index is 12.3. The van der Waals surface area contributed by atoms with Crippen molar-refractivity contribution in [1.29, 1.82) is 0 Å². The van der Waals surface area contributed by atoms with Crippen LogP contribution in [0, 0.1) is 11.8 Å². The summed E-state index contributed by atoms with van der Waals surface area (Å²) in [6.45, 7) is 1.46. The number of carbonyl (C=O) groups is 3. The number of hydrogen-bond acceptors (Lipinski definition) is 3. The van der Waals surface area contributed by atoms with E-state index < -0.39 is 17.8 Å². The van der Waals surface area contributed by atoms with Gasteiger partial charge < -0.3 is 10.4 Å². The fraction of sp³-hybridized carbons (Fsp3) is 0.438. The number of Topliss-reactive ketones (excluding diaryl/α,β-unsaturated/α-hetero) is 1. The molecule has 1 saturated carbocycles. The van der Waals surface area contributed by atoms with Gasteiger partial charge in [-0.3, -0.25) is 14.4 Å². The molecule has 1 unspecified atom stereocenters. The van der Waals surface area contributed by atoms with E-state index in [1.54, 1.807) is 24.3 Å². The van der Waals surface area contributed by atoms with Crippen molar-refractivity contribution in [2.75, 3.05) is 5.32 Å². The van der Waals surface area contributed by atoms with Crippen molar-refractivity contribution in [3.05, 3.63) is 29.8 Å². The van der Waals surface area contributed by atoms with E-state index in [4.69, 9.17) is 0 Å². The number of nitrogens with one attached hydrogen (secondary N) is 1. The maximum atomic E-state index is 12.3. The van der Waals surface area contributed by atoms with Gasteiger partial charge in [0.1, 0.15) is 0 Å². The minimum Gasteiger partial charge on any atom is -0.481 e. The third-order valence-electron chi connectivity index (χ3n) is 3.96. The Morgan fingerprint density at radius 1 is 1.14 bits per heavy atom. The lowest BCUT2D eigenvalue weighted by molar-refractivity contribution is -0.147. The summed E-state index contributed by atoms with van der Waals surface area (Å²) < 4.78 is 0. The van der Waals surface area contributed by atoms with Gasteiger partial charge >= 0.3 is 5.97 Å². The van der Waals surface area contributed by atoms with Crippen LogP contribution in [0.4, 0.5) is 5.69 Å². The van der Waals surface area contributed by atoms with Gasteiger partial charge in [-0.05, 0) is 31.9 Å². The molecule has 1 aromatic rings. The number of benzene rings is 1. The van der Waals surface area contributed by atoms with E-state index in [0.29, 0.717) is 24.1 Å². The minimum absolute atomic E-state index is 0.0767. The Hall–Kier alpha value is -2.17. The van der Waals surface area contributed by atoms with Gasteiger partial charge in [-0.1, -0.05) is 25.0 Å². The lowest BCUT2D eigenvalue weighted by atomic mass is 9.78. The van der Waals surface area contributed by atoms with Crippen molar-refractivity contribution in [2.45, 2.75) is 32.6 Å². The lowest BCUT2D eigenvalue weighted by Gasteiger charge is -2.27. The molecular weight excluding hydrogens is 270 g/mol. The number of carboxylic acid groups (broad SMARTS) is 1. The van der Waals surface area contributed by atoms with Crippen molar-refractivity contribution in [3.63, 3.8) is 0 Å². The zero-order valence-electron chi connectivity index (χ0n) is 12.0. The highest BCUT2D eigenvalue weighted by molar-refractivity contribution is 5.98. The molecular formula is C16H19NO4. The van der Waals surface area contributed by atoms with Gasteiger partial charge in [0.05, 0.1) is 11.8 Å². The van der Waals surface area contributed by atoms with Crippen LogP contribution in [-0.4, -0.2) is 22.8 Å². The summed E-state index contributed by atoms with van der Waals surface area (Å²) in [6.07, 6.45) is 2.85. The zero-order chi connectivity index (χ0) is 15.4. The first kappa shape index (κ1) is 15.2. The van der Waals surface area contributed by atoms with Crippen LogP contribution in [0.1, 0.15) is 43.0 Å². The first-order valence-electron chi connectivity index (χ1n) is 7.13. The second kappa shape index (κ2) is 6.52. The number of anilines is 1. The molecule has 2 rings (SSSR count). The Kier molecular flexibility index (Phi) is 4.73. The van der Waals surface area contributed by atoms with Crippen molar-refractivity contribution < 1.29 is 19.5 Å². The van der Waals surface area contributed by atoms with Gasteiger partial charge in [-0.25, -0.2) is 0 Å². The number of amides is 1. The van der Waals surface area contributed by atoms with Crippen LogP contribution in [0.5, 0.6) is 0 Å². The molecule has 5 nitrogen and oxygen atoms in total. The summed E-state index contributed by atoms with van der Waals surface area (Å²) >= 11 is 0. The summed E-state index contributed by atoms with van der Waals surface area (Å²) in [7, 11) is 0. The molecule has 1 aliphatic rings. The largest absolute Gasteiger partial charge is 0.481 e. The first-order valence-corrected chi connectivity index (χ1v) is 7.13. The smallest absolute Gasteiger partial charge is 0.307 e. The van der Waals surface area contributed by atoms with Gasteiger partial charge in [0.25, 0.3) is 0 Å². The number of rotatable bonds is 4. The Labute approximate surface area is 123 Å². The fourth-order valence-electron chi connectivity index (χ4n) is 2.79. The molecule has 0 radical (unpaired) electrons. The molecule has 2 atom stereocenters. The van der Waals surface area contributed by atoms with Crippen LogP contribution in [0.25, 0.3) is 0 Å². The molecule has 2 N–H and O–H groups in total. The normalized spacial score (nSPS) is 21.6. The number of carboxylic acids is 1. The average Bonchev–Trinajstić information content (AvgIpc) is 2.47. The van der Waals surface area contributed by atoms with Crippen LogP contribution in [0.2, 0.25) is 0 Å². The molecule has 0 aromatic heterocycles. The standard InChI is InChI=1S/C16H19NO4/c1-10(18)11-5-4-6-12(9-11)17-15(19)13-7-2-3-8-14(13)16(20)21/h4-6,9,13-14H,2-3,7-8H2,1H3,(H,17,19)(H,20,21)/t13?,14-/m0/s1. The molecule has 21 heavy (non-hydrogen) atoms. The molecule has 1 aromatic carbocycles. The summed E-state index contributed by atoms with van der Waals surface area (Å²) in [5, 5.41) is 12.0. The second-order valence-electron chi connectivity index (χ2n) is 5.46. The van der Waals surface area contributed by atoms with E-state index >= 15 is 0 Å². The number of aliphatic carboxylic acids is 1. The number of carbonyl (C=O) groups excluding carboxylic acids is 2. The monoisotopic (exact) mass is 289 g/mol. The molecule has 0 spiro atoms. The molecule has 5 heteroatoms. The molecule has 112 valence electrons. The summed E-state index contributed by atoms with van der Waals surface area (Å²) in [5.41, 5.74) is 1.05. The summed E-state index contributed by atoms with van der Waals surface area (Å²) in [6, 6.07) is 6.68. The predicted molar refractivity (Wildman–Crippen MR) is 78.2 cm³/mol. The molecule has 0 heterocycles. The zero-order valence-corrected chi connectivity index (χ0v) is 12.0. The van der Waals surface area contributed by atoms with E-state index in [9.17, 15) is 19.5 Å². The molecule has 0 aliphatic heterocycles. The highest BCUT2D eigenvalue weighted by atomic mass is 16.4. The van der Waals surface area contributed by atoms with E-state index in [0.717, 1.165) is 12.8 Å². The maximum Gasteiger partial charge on any atom is 0.307 e. The highest BCUT2D eigenvalue weighted by Gasteiger charge is 2.35. The van der Waals surface area contributed by atoms with Gasteiger partial charge in [0, 0.05) is 11.3 Å². The van der Waals surface area contributed by atoms with Crippen molar-refractivity contribution in [2.24, 2.45) is 11.8 Å². The minimum atomic E-state index is -0.910. The van der Waals surface area contributed by atoms with Gasteiger partial charge in [-0.2, -0.15) is 0 Å². The van der Waals surface area contributed by atoms with Gasteiger partial charge in [0.15, 0.2) is 5.78 Å². The molecule has 1 aliphatic carbocycles. The highest BCUT2D eigenvalue weighted by Crippen LogP contribution is 2.31. The second-order valence-corrected chi connectivity index (χ2v) is 5.46. The van der Waals surface area contributed by atoms with E-state index in [2.05, 4.69) is 5.32 Å². The number of ketones is 1.